The topological polar surface area (TPSA) is 164 Å². The molecule has 1 unspecified atom stereocenters. The first-order chi connectivity index (χ1) is 16.0. The molecule has 0 aliphatic carbocycles. The summed E-state index contributed by atoms with van der Waals surface area (Å²) in [5.41, 5.74) is 0.941. The number of carboxylic acids is 1. The number of phenolic OH excluding ortho intramolecular Hbond substituents is 1. The number of aliphatic hydroxyl groups is 1. The second-order valence-corrected chi connectivity index (χ2v) is 9.82. The van der Waals surface area contributed by atoms with Crippen molar-refractivity contribution in [2.24, 2.45) is 0 Å². The van der Waals surface area contributed by atoms with Gasteiger partial charge in [0.25, 0.3) is 0 Å². The summed E-state index contributed by atoms with van der Waals surface area (Å²) in [5, 5.41) is 32.2. The second-order valence-electron chi connectivity index (χ2n) is 8.07. The van der Waals surface area contributed by atoms with E-state index in [0.29, 0.717) is 17.9 Å². The summed E-state index contributed by atoms with van der Waals surface area (Å²) in [5.74, 6) is -0.146. The van der Waals surface area contributed by atoms with Gasteiger partial charge in [0.15, 0.2) is 11.5 Å². The lowest BCUT2D eigenvalue weighted by Crippen LogP contribution is -2.37. The van der Waals surface area contributed by atoms with Crippen molar-refractivity contribution < 1.29 is 42.7 Å². The number of anilines is 1. The molecule has 12 heteroatoms. The first-order valence-electron chi connectivity index (χ1n) is 10.5. The molecule has 1 aliphatic rings. The average Bonchev–Trinajstić information content (AvgIpc) is 2.76. The molecule has 186 valence electrons. The number of hydrogen-bond donors (Lipinski definition) is 5. The van der Waals surface area contributed by atoms with Gasteiger partial charge < -0.3 is 34.8 Å². The minimum Gasteiger partial charge on any atom is -0.506 e. The molecule has 0 saturated heterocycles. The monoisotopic (exact) mass is 496 g/mol. The highest BCUT2D eigenvalue weighted by Crippen LogP contribution is 2.33. The molecule has 3 rings (SSSR count). The number of sulfonamides is 1. The van der Waals surface area contributed by atoms with Crippen LogP contribution < -0.4 is 24.2 Å². The van der Waals surface area contributed by atoms with Crippen LogP contribution in [-0.4, -0.2) is 74.0 Å². The summed E-state index contributed by atoms with van der Waals surface area (Å²) in [6.07, 6.45) is -0.260. The van der Waals surface area contributed by atoms with Crippen molar-refractivity contribution in [1.29, 1.82) is 0 Å². The van der Waals surface area contributed by atoms with Crippen LogP contribution in [0, 0.1) is 0 Å². The number of aliphatic carboxylic acids is 1. The molecule has 11 nitrogen and oxygen atoms in total. The zero-order valence-corrected chi connectivity index (χ0v) is 19.5. The Bertz CT molecular complexity index is 1120. The number of nitrogens with one attached hydrogen (secondary N) is 2. The third kappa shape index (κ3) is 7.40. The molecule has 1 aliphatic heterocycles. The van der Waals surface area contributed by atoms with Crippen LogP contribution in [0.25, 0.3) is 0 Å². The number of carbonyl (C=O) groups is 1. The van der Waals surface area contributed by atoms with Gasteiger partial charge in [-0.15, -0.1) is 0 Å². The molecule has 0 aromatic heterocycles. The third-order valence-electron chi connectivity index (χ3n) is 4.89. The standard InChI is InChI=1S/C22H28N2O9S/c1-13(7-14-3-6-19-20(8-14)32-12-21(33-19)22(27)28)23-10-15(25)11-31-16-4-5-18(26)17(9-16)24-34(2,29)30/h3-6,8-9,13,15,21,23-26H,7,10-12H2,1-2H3,(H,27,28)/t13-,15+,21?/m1/s1. The van der Waals surface area contributed by atoms with E-state index in [0.717, 1.165) is 11.8 Å². The molecule has 2 aromatic rings. The lowest BCUT2D eigenvalue weighted by atomic mass is 10.1. The van der Waals surface area contributed by atoms with E-state index in [1.807, 2.05) is 13.0 Å². The first-order valence-corrected chi connectivity index (χ1v) is 12.4. The van der Waals surface area contributed by atoms with Gasteiger partial charge in [-0.1, -0.05) is 6.07 Å². The fraction of sp³-hybridized carbons (Fsp3) is 0.409. The number of rotatable bonds is 11. The fourth-order valence-electron chi connectivity index (χ4n) is 3.26. The smallest absolute Gasteiger partial charge is 0.348 e. The Hall–Kier alpha value is -3.22. The highest BCUT2D eigenvalue weighted by atomic mass is 32.2. The quantitative estimate of drug-likeness (QED) is 0.283. The fourth-order valence-corrected chi connectivity index (χ4v) is 3.83. The molecular formula is C22H28N2O9S. The van der Waals surface area contributed by atoms with Crippen LogP contribution in [0.1, 0.15) is 12.5 Å². The Labute approximate surface area is 197 Å². The molecular weight excluding hydrogens is 468 g/mol. The van der Waals surface area contributed by atoms with E-state index in [4.69, 9.17) is 19.3 Å². The van der Waals surface area contributed by atoms with Crippen LogP contribution in [0.5, 0.6) is 23.0 Å². The summed E-state index contributed by atoms with van der Waals surface area (Å²) >= 11 is 0. The molecule has 34 heavy (non-hydrogen) atoms. The van der Waals surface area contributed by atoms with E-state index < -0.39 is 28.2 Å². The minimum absolute atomic E-state index is 0.00297. The van der Waals surface area contributed by atoms with Crippen molar-refractivity contribution in [3.63, 3.8) is 0 Å². The lowest BCUT2D eigenvalue weighted by Gasteiger charge is -2.24. The first kappa shape index (κ1) is 25.4. The zero-order valence-electron chi connectivity index (χ0n) is 18.7. The molecule has 0 radical (unpaired) electrons. The highest BCUT2D eigenvalue weighted by molar-refractivity contribution is 7.92. The molecule has 1 heterocycles. The summed E-state index contributed by atoms with van der Waals surface area (Å²) in [6.45, 7) is 2.10. The third-order valence-corrected chi connectivity index (χ3v) is 5.48. The number of aliphatic hydroxyl groups excluding tert-OH is 1. The van der Waals surface area contributed by atoms with Crippen molar-refractivity contribution in [3.05, 3.63) is 42.0 Å². The Kier molecular flexibility index (Phi) is 8.07. The Morgan fingerprint density at radius 2 is 2.00 bits per heavy atom. The van der Waals surface area contributed by atoms with Crippen LogP contribution in [0.2, 0.25) is 0 Å². The SMILES string of the molecule is C[C@H](Cc1ccc2c(c1)OCC(C(=O)O)O2)NC[C@H](O)COc1ccc(O)c(NS(C)(=O)=O)c1. The van der Waals surface area contributed by atoms with Crippen molar-refractivity contribution >= 4 is 21.7 Å². The van der Waals surface area contributed by atoms with Gasteiger partial charge in [-0.25, -0.2) is 13.2 Å². The molecule has 0 saturated carbocycles. The molecule has 0 amide bonds. The maximum absolute atomic E-state index is 11.4. The van der Waals surface area contributed by atoms with E-state index in [2.05, 4.69) is 10.0 Å². The molecule has 0 fully saturated rings. The van der Waals surface area contributed by atoms with Gasteiger partial charge in [-0.05, 0) is 43.2 Å². The number of ether oxygens (including phenoxy) is 3. The van der Waals surface area contributed by atoms with E-state index >= 15 is 0 Å². The Balaban J connectivity index is 1.45. The predicted octanol–water partition coefficient (Wildman–Crippen LogP) is 0.949. The van der Waals surface area contributed by atoms with Crippen LogP contribution in [0.3, 0.4) is 0 Å². The van der Waals surface area contributed by atoms with Gasteiger partial charge in [0, 0.05) is 18.7 Å². The van der Waals surface area contributed by atoms with Crippen molar-refractivity contribution in [3.8, 4) is 23.0 Å². The maximum Gasteiger partial charge on any atom is 0.348 e. The largest absolute Gasteiger partial charge is 0.506 e. The minimum atomic E-state index is -3.57. The number of benzene rings is 2. The summed E-state index contributed by atoms with van der Waals surface area (Å²) in [7, 11) is -3.57. The van der Waals surface area contributed by atoms with Crippen molar-refractivity contribution in [2.75, 3.05) is 30.7 Å². The molecule has 2 aromatic carbocycles. The van der Waals surface area contributed by atoms with Crippen molar-refractivity contribution in [1.82, 2.24) is 5.32 Å². The van der Waals surface area contributed by atoms with Crippen LogP contribution in [-0.2, 0) is 21.2 Å². The summed E-state index contributed by atoms with van der Waals surface area (Å²) in [4.78, 5) is 11.0. The summed E-state index contributed by atoms with van der Waals surface area (Å²) in [6, 6.07) is 9.41. The molecule has 5 N–H and O–H groups in total. The average molecular weight is 497 g/mol. The number of fused-ring (bicyclic) bond motifs is 1. The molecule has 0 bridgehead atoms. The van der Waals surface area contributed by atoms with Crippen molar-refractivity contribution in [2.45, 2.75) is 31.6 Å². The maximum atomic E-state index is 11.4. The number of carboxylic acid groups (broad SMARTS) is 1. The summed E-state index contributed by atoms with van der Waals surface area (Å²) < 4.78 is 41.3. The normalized spacial score (nSPS) is 17.0. The molecule has 0 spiro atoms. The molecule has 3 atom stereocenters. The van der Waals surface area contributed by atoms with E-state index in [1.54, 1.807) is 12.1 Å². The van der Waals surface area contributed by atoms with Gasteiger partial charge in [-0.3, -0.25) is 4.72 Å². The van der Waals surface area contributed by atoms with Crippen LogP contribution in [0.15, 0.2) is 36.4 Å². The Morgan fingerprint density at radius 1 is 1.24 bits per heavy atom. The second kappa shape index (κ2) is 10.8. The van der Waals surface area contributed by atoms with Crippen LogP contribution in [0.4, 0.5) is 5.69 Å². The number of phenols is 1. The number of aromatic hydroxyl groups is 1. The van der Waals surface area contributed by atoms with Gasteiger partial charge in [0.05, 0.1) is 11.9 Å². The van der Waals surface area contributed by atoms with Crippen LogP contribution >= 0.6 is 0 Å². The van der Waals surface area contributed by atoms with Gasteiger partial charge >= 0.3 is 5.97 Å². The Morgan fingerprint density at radius 3 is 2.71 bits per heavy atom. The van der Waals surface area contributed by atoms with Gasteiger partial charge in [0.2, 0.25) is 16.1 Å². The van der Waals surface area contributed by atoms with E-state index in [1.165, 1.54) is 18.2 Å². The highest BCUT2D eigenvalue weighted by Gasteiger charge is 2.27. The predicted molar refractivity (Wildman–Crippen MR) is 123 cm³/mol. The van der Waals surface area contributed by atoms with E-state index in [-0.39, 0.29) is 43.0 Å². The van der Waals surface area contributed by atoms with E-state index in [9.17, 15) is 23.4 Å². The van der Waals surface area contributed by atoms with Gasteiger partial charge in [-0.2, -0.15) is 0 Å². The zero-order chi connectivity index (χ0) is 24.9. The number of hydrogen-bond acceptors (Lipinski definition) is 9. The van der Waals surface area contributed by atoms with Gasteiger partial charge in [0.1, 0.15) is 30.8 Å². The lowest BCUT2D eigenvalue weighted by molar-refractivity contribution is -0.147.